The molecule has 1 saturated heterocycles. The number of hydrogen-bond donors (Lipinski definition) is 1. The second-order valence-corrected chi connectivity index (χ2v) is 7.10. The Labute approximate surface area is 161 Å². The van der Waals surface area contributed by atoms with Gasteiger partial charge in [-0.3, -0.25) is 9.48 Å². The summed E-state index contributed by atoms with van der Waals surface area (Å²) in [4.78, 5) is 14.7. The third-order valence-electron chi connectivity index (χ3n) is 4.92. The van der Waals surface area contributed by atoms with Crippen LogP contribution in [0.15, 0.2) is 42.7 Å². The summed E-state index contributed by atoms with van der Waals surface area (Å²) in [5.41, 5.74) is 0.930. The first-order valence-corrected chi connectivity index (χ1v) is 9.26. The molecule has 8 nitrogen and oxygen atoms in total. The van der Waals surface area contributed by atoms with Gasteiger partial charge in [-0.15, -0.1) is 5.10 Å². The van der Waals surface area contributed by atoms with E-state index in [0.29, 0.717) is 18.4 Å². The quantitative estimate of drug-likeness (QED) is 0.730. The van der Waals surface area contributed by atoms with Gasteiger partial charge in [0.15, 0.2) is 11.5 Å². The highest BCUT2D eigenvalue weighted by atomic mass is 19.1. The van der Waals surface area contributed by atoms with E-state index in [-0.39, 0.29) is 17.4 Å². The number of aromatic nitrogens is 5. The molecular formula is C19H22FN7O. The summed E-state index contributed by atoms with van der Waals surface area (Å²) >= 11 is 0. The van der Waals surface area contributed by atoms with Crippen LogP contribution in [0, 0.1) is 5.82 Å². The Morgan fingerprint density at radius 3 is 2.89 bits per heavy atom. The molecule has 3 aromatic rings. The number of piperidine rings is 1. The second-order valence-electron chi connectivity index (χ2n) is 7.10. The average Bonchev–Trinajstić information content (AvgIpc) is 3.32. The van der Waals surface area contributed by atoms with Crippen molar-refractivity contribution in [2.45, 2.75) is 25.4 Å². The Morgan fingerprint density at radius 2 is 2.11 bits per heavy atom. The molecule has 146 valence electrons. The molecule has 1 N–H and O–H groups in total. The lowest BCUT2D eigenvalue weighted by atomic mass is 10.1. The van der Waals surface area contributed by atoms with Gasteiger partial charge in [0.25, 0.3) is 5.91 Å². The molecule has 1 amide bonds. The van der Waals surface area contributed by atoms with Gasteiger partial charge in [-0.1, -0.05) is 17.3 Å². The summed E-state index contributed by atoms with van der Waals surface area (Å²) in [7, 11) is 2.12. The number of anilines is 1. The molecule has 0 spiro atoms. The van der Waals surface area contributed by atoms with Gasteiger partial charge in [-0.2, -0.15) is 5.10 Å². The standard InChI is InChI=1S/C19H22FN7O/c1-25-8-5-16(6-9-25)27-10-7-18(23-27)21-19(28)17-13-26(24-22-17)12-14-3-2-4-15(20)11-14/h2-4,7,10-11,13,16H,5-6,8-9,12H2,1H3,(H,21,23,28). The predicted octanol–water partition coefficient (Wildman–Crippen LogP) is 2.18. The van der Waals surface area contributed by atoms with Crippen LogP contribution in [0.25, 0.3) is 0 Å². The summed E-state index contributed by atoms with van der Waals surface area (Å²) in [6, 6.07) is 8.38. The Hall–Kier alpha value is -3.07. The van der Waals surface area contributed by atoms with Gasteiger partial charge >= 0.3 is 0 Å². The fourth-order valence-corrected chi connectivity index (χ4v) is 3.35. The largest absolute Gasteiger partial charge is 0.306 e. The minimum absolute atomic E-state index is 0.185. The van der Waals surface area contributed by atoms with Gasteiger partial charge < -0.3 is 10.2 Å². The molecule has 0 radical (unpaired) electrons. The molecule has 0 atom stereocenters. The van der Waals surface area contributed by atoms with Crippen LogP contribution in [0.4, 0.5) is 10.2 Å². The zero-order valence-electron chi connectivity index (χ0n) is 15.6. The third-order valence-corrected chi connectivity index (χ3v) is 4.92. The van der Waals surface area contributed by atoms with Crippen molar-refractivity contribution in [1.82, 2.24) is 29.7 Å². The number of hydrogen-bond acceptors (Lipinski definition) is 5. The van der Waals surface area contributed by atoms with Crippen LogP contribution < -0.4 is 5.32 Å². The highest BCUT2D eigenvalue weighted by Gasteiger charge is 2.19. The zero-order chi connectivity index (χ0) is 19.5. The minimum atomic E-state index is -0.376. The molecule has 1 aromatic carbocycles. The average molecular weight is 383 g/mol. The number of amides is 1. The van der Waals surface area contributed by atoms with E-state index in [2.05, 4.69) is 32.7 Å². The summed E-state index contributed by atoms with van der Waals surface area (Å²) in [6.07, 6.45) is 5.51. The number of halogens is 1. The van der Waals surface area contributed by atoms with Crippen molar-refractivity contribution in [2.24, 2.45) is 0 Å². The number of likely N-dealkylation sites (tertiary alicyclic amines) is 1. The van der Waals surface area contributed by atoms with Crippen molar-refractivity contribution in [3.05, 3.63) is 59.8 Å². The molecule has 1 aliphatic heterocycles. The fourth-order valence-electron chi connectivity index (χ4n) is 3.35. The lowest BCUT2D eigenvalue weighted by Crippen LogP contribution is -2.31. The molecular weight excluding hydrogens is 361 g/mol. The molecule has 3 heterocycles. The lowest BCUT2D eigenvalue weighted by Gasteiger charge is -2.28. The van der Waals surface area contributed by atoms with E-state index in [9.17, 15) is 9.18 Å². The maximum atomic E-state index is 13.3. The van der Waals surface area contributed by atoms with Crippen molar-refractivity contribution in [1.29, 1.82) is 0 Å². The van der Waals surface area contributed by atoms with Crippen LogP contribution >= 0.6 is 0 Å². The van der Waals surface area contributed by atoms with Gasteiger partial charge in [0, 0.05) is 12.3 Å². The maximum Gasteiger partial charge on any atom is 0.279 e. The topological polar surface area (TPSA) is 80.9 Å². The Morgan fingerprint density at radius 1 is 1.29 bits per heavy atom. The van der Waals surface area contributed by atoms with E-state index in [1.165, 1.54) is 23.0 Å². The molecule has 0 bridgehead atoms. The summed E-state index contributed by atoms with van der Waals surface area (Å²) < 4.78 is 16.7. The van der Waals surface area contributed by atoms with Crippen molar-refractivity contribution >= 4 is 11.7 Å². The Bertz CT molecular complexity index is 959. The van der Waals surface area contributed by atoms with Crippen molar-refractivity contribution in [3.8, 4) is 0 Å². The van der Waals surface area contributed by atoms with Gasteiger partial charge in [0.2, 0.25) is 0 Å². The molecule has 9 heteroatoms. The molecule has 0 saturated carbocycles. The normalized spacial score (nSPS) is 15.6. The highest BCUT2D eigenvalue weighted by Crippen LogP contribution is 2.21. The molecule has 0 aliphatic carbocycles. The van der Waals surface area contributed by atoms with Crippen LogP contribution in [0.2, 0.25) is 0 Å². The third kappa shape index (κ3) is 4.25. The number of rotatable bonds is 5. The number of benzene rings is 1. The molecule has 1 fully saturated rings. The predicted molar refractivity (Wildman–Crippen MR) is 101 cm³/mol. The lowest BCUT2D eigenvalue weighted by molar-refractivity contribution is 0.102. The first-order chi connectivity index (χ1) is 13.6. The zero-order valence-corrected chi connectivity index (χ0v) is 15.6. The number of carbonyl (C=O) groups is 1. The van der Waals surface area contributed by atoms with Crippen molar-refractivity contribution < 1.29 is 9.18 Å². The van der Waals surface area contributed by atoms with Crippen LogP contribution in [0.5, 0.6) is 0 Å². The van der Waals surface area contributed by atoms with E-state index in [1.807, 2.05) is 10.9 Å². The summed E-state index contributed by atoms with van der Waals surface area (Å²) in [5.74, 6) is -0.196. The Balaban J connectivity index is 1.37. The van der Waals surface area contributed by atoms with Crippen molar-refractivity contribution in [3.63, 3.8) is 0 Å². The molecule has 0 unspecified atom stereocenters. The summed E-state index contributed by atoms with van der Waals surface area (Å²) in [6.45, 7) is 2.42. The van der Waals surface area contributed by atoms with Gasteiger partial charge in [-0.05, 0) is 50.7 Å². The van der Waals surface area contributed by atoms with E-state index in [4.69, 9.17) is 0 Å². The van der Waals surface area contributed by atoms with E-state index >= 15 is 0 Å². The van der Waals surface area contributed by atoms with Gasteiger partial charge in [0.1, 0.15) is 5.82 Å². The number of carbonyl (C=O) groups excluding carboxylic acids is 1. The fraction of sp³-hybridized carbons (Fsp3) is 0.368. The molecule has 28 heavy (non-hydrogen) atoms. The van der Waals surface area contributed by atoms with E-state index in [0.717, 1.165) is 31.5 Å². The SMILES string of the molecule is CN1CCC(n2ccc(NC(=O)c3cn(Cc4cccc(F)c4)nn3)n2)CC1. The first-order valence-electron chi connectivity index (χ1n) is 9.26. The number of nitrogens with one attached hydrogen (secondary N) is 1. The smallest absolute Gasteiger partial charge is 0.279 e. The molecule has 2 aromatic heterocycles. The molecule has 4 rings (SSSR count). The number of nitrogens with zero attached hydrogens (tertiary/aromatic N) is 6. The van der Waals surface area contributed by atoms with E-state index < -0.39 is 0 Å². The monoisotopic (exact) mass is 383 g/mol. The second kappa shape index (κ2) is 7.89. The first kappa shape index (κ1) is 18.3. The molecule has 1 aliphatic rings. The van der Waals surface area contributed by atoms with Gasteiger partial charge in [0.05, 0.1) is 18.8 Å². The Kier molecular flexibility index (Phi) is 5.16. The van der Waals surface area contributed by atoms with Crippen LogP contribution in [-0.4, -0.2) is 55.7 Å². The van der Waals surface area contributed by atoms with Crippen LogP contribution in [0.1, 0.15) is 34.9 Å². The van der Waals surface area contributed by atoms with Crippen LogP contribution in [0.3, 0.4) is 0 Å². The highest BCUT2D eigenvalue weighted by molar-refractivity contribution is 6.01. The maximum absolute atomic E-state index is 13.3. The summed E-state index contributed by atoms with van der Waals surface area (Å²) in [5, 5.41) is 15.1. The van der Waals surface area contributed by atoms with Crippen LogP contribution in [-0.2, 0) is 6.54 Å². The van der Waals surface area contributed by atoms with Gasteiger partial charge in [-0.25, -0.2) is 9.07 Å². The minimum Gasteiger partial charge on any atom is -0.306 e. The van der Waals surface area contributed by atoms with E-state index in [1.54, 1.807) is 18.2 Å². The van der Waals surface area contributed by atoms with Crippen molar-refractivity contribution in [2.75, 3.05) is 25.5 Å².